The SMILES string of the molecule is Cc1ccc(C2=C[C@@H](c3ccccc3C)n3ncnc3N2)cc1. The molecule has 114 valence electrons. The molecule has 1 aliphatic heterocycles. The summed E-state index contributed by atoms with van der Waals surface area (Å²) in [6, 6.07) is 17.0. The van der Waals surface area contributed by atoms with Gasteiger partial charge in [0.1, 0.15) is 12.4 Å². The van der Waals surface area contributed by atoms with E-state index >= 15 is 0 Å². The topological polar surface area (TPSA) is 42.7 Å². The van der Waals surface area contributed by atoms with Crippen molar-refractivity contribution in [3.05, 3.63) is 83.2 Å². The van der Waals surface area contributed by atoms with Crippen LogP contribution < -0.4 is 5.32 Å². The van der Waals surface area contributed by atoms with Crippen molar-refractivity contribution in [3.63, 3.8) is 0 Å². The van der Waals surface area contributed by atoms with Gasteiger partial charge in [0, 0.05) is 5.70 Å². The van der Waals surface area contributed by atoms with Crippen molar-refractivity contribution in [2.75, 3.05) is 5.32 Å². The highest BCUT2D eigenvalue weighted by Gasteiger charge is 2.24. The quantitative estimate of drug-likeness (QED) is 0.779. The molecule has 2 aromatic carbocycles. The molecule has 1 aliphatic rings. The van der Waals surface area contributed by atoms with Crippen LogP contribution in [0.5, 0.6) is 0 Å². The van der Waals surface area contributed by atoms with Gasteiger partial charge in [-0.15, -0.1) is 0 Å². The van der Waals surface area contributed by atoms with Gasteiger partial charge in [-0.3, -0.25) is 0 Å². The van der Waals surface area contributed by atoms with Gasteiger partial charge in [0.05, 0.1) is 0 Å². The number of fused-ring (bicyclic) bond motifs is 1. The molecular weight excluding hydrogens is 284 g/mol. The van der Waals surface area contributed by atoms with Crippen LogP contribution in [0.2, 0.25) is 0 Å². The molecule has 2 heterocycles. The summed E-state index contributed by atoms with van der Waals surface area (Å²) >= 11 is 0. The molecule has 1 N–H and O–H groups in total. The van der Waals surface area contributed by atoms with Crippen molar-refractivity contribution in [1.29, 1.82) is 0 Å². The summed E-state index contributed by atoms with van der Waals surface area (Å²) in [7, 11) is 0. The molecule has 0 saturated heterocycles. The van der Waals surface area contributed by atoms with E-state index in [9.17, 15) is 0 Å². The Balaban J connectivity index is 1.83. The Morgan fingerprint density at radius 3 is 2.57 bits per heavy atom. The number of aryl methyl sites for hydroxylation is 2. The highest BCUT2D eigenvalue weighted by Crippen LogP contribution is 2.33. The summed E-state index contributed by atoms with van der Waals surface area (Å²) in [4.78, 5) is 4.36. The maximum absolute atomic E-state index is 4.40. The molecular formula is C19H18N4. The third-order valence-electron chi connectivity index (χ3n) is 4.28. The fourth-order valence-electron chi connectivity index (χ4n) is 2.98. The lowest BCUT2D eigenvalue weighted by Gasteiger charge is -2.25. The first-order chi connectivity index (χ1) is 11.2. The number of benzene rings is 2. The van der Waals surface area contributed by atoms with E-state index < -0.39 is 0 Å². The van der Waals surface area contributed by atoms with Crippen molar-refractivity contribution < 1.29 is 0 Å². The first-order valence-corrected chi connectivity index (χ1v) is 7.73. The lowest BCUT2D eigenvalue weighted by molar-refractivity contribution is 0.609. The molecule has 0 fully saturated rings. The standard InChI is InChI=1S/C19H18N4/c1-13-7-9-15(10-8-13)17-11-18(16-6-4-3-5-14(16)2)23-19(22-17)20-12-21-23/h3-12,18H,1-2H3,(H,20,21,22)/t18-/m0/s1. The fourth-order valence-corrected chi connectivity index (χ4v) is 2.98. The van der Waals surface area contributed by atoms with E-state index in [2.05, 4.69) is 83.9 Å². The number of anilines is 1. The molecule has 0 spiro atoms. The van der Waals surface area contributed by atoms with Gasteiger partial charge >= 0.3 is 0 Å². The molecule has 0 saturated carbocycles. The average molecular weight is 302 g/mol. The summed E-state index contributed by atoms with van der Waals surface area (Å²) in [5, 5.41) is 7.78. The number of allylic oxidation sites excluding steroid dienone is 1. The van der Waals surface area contributed by atoms with E-state index in [1.165, 1.54) is 16.7 Å². The summed E-state index contributed by atoms with van der Waals surface area (Å²) in [6.45, 7) is 4.23. The van der Waals surface area contributed by atoms with E-state index in [0.717, 1.165) is 17.2 Å². The Labute approximate surface area is 135 Å². The Hall–Kier alpha value is -2.88. The molecule has 4 heteroatoms. The molecule has 23 heavy (non-hydrogen) atoms. The zero-order valence-electron chi connectivity index (χ0n) is 13.2. The van der Waals surface area contributed by atoms with E-state index in [1.807, 2.05) is 4.68 Å². The van der Waals surface area contributed by atoms with Crippen LogP contribution >= 0.6 is 0 Å². The zero-order valence-corrected chi connectivity index (χ0v) is 13.2. The molecule has 3 aromatic rings. The van der Waals surface area contributed by atoms with Gasteiger partial charge in [-0.2, -0.15) is 10.1 Å². The third-order valence-corrected chi connectivity index (χ3v) is 4.28. The van der Waals surface area contributed by atoms with Gasteiger partial charge in [0.25, 0.3) is 0 Å². The van der Waals surface area contributed by atoms with Crippen LogP contribution in [0.25, 0.3) is 5.70 Å². The minimum atomic E-state index is 0.0475. The largest absolute Gasteiger partial charge is 0.324 e. The normalized spacial score (nSPS) is 16.4. The van der Waals surface area contributed by atoms with Gasteiger partial charge in [-0.1, -0.05) is 54.1 Å². The van der Waals surface area contributed by atoms with E-state index in [4.69, 9.17) is 0 Å². The van der Waals surface area contributed by atoms with Crippen LogP contribution in [0.4, 0.5) is 5.95 Å². The van der Waals surface area contributed by atoms with Crippen LogP contribution in [0, 0.1) is 13.8 Å². The predicted molar refractivity (Wildman–Crippen MR) is 92.1 cm³/mol. The number of hydrogen-bond donors (Lipinski definition) is 1. The van der Waals surface area contributed by atoms with Crippen molar-refractivity contribution in [1.82, 2.24) is 14.8 Å². The first kappa shape index (κ1) is 13.8. The minimum Gasteiger partial charge on any atom is -0.324 e. The highest BCUT2D eigenvalue weighted by molar-refractivity contribution is 5.77. The first-order valence-electron chi connectivity index (χ1n) is 7.73. The Kier molecular flexibility index (Phi) is 3.23. The van der Waals surface area contributed by atoms with Crippen LogP contribution in [0.3, 0.4) is 0 Å². The van der Waals surface area contributed by atoms with Crippen LogP contribution in [-0.2, 0) is 0 Å². The van der Waals surface area contributed by atoms with Crippen molar-refractivity contribution >= 4 is 11.6 Å². The van der Waals surface area contributed by atoms with E-state index in [1.54, 1.807) is 6.33 Å². The molecule has 1 atom stereocenters. The number of hydrogen-bond acceptors (Lipinski definition) is 3. The van der Waals surface area contributed by atoms with Gasteiger partial charge in [-0.05, 0) is 36.6 Å². The second kappa shape index (κ2) is 5.39. The van der Waals surface area contributed by atoms with E-state index in [-0.39, 0.29) is 6.04 Å². The van der Waals surface area contributed by atoms with Gasteiger partial charge in [-0.25, -0.2) is 4.68 Å². The van der Waals surface area contributed by atoms with Crippen molar-refractivity contribution in [2.24, 2.45) is 0 Å². The molecule has 1 aromatic heterocycles. The van der Waals surface area contributed by atoms with Gasteiger partial charge < -0.3 is 5.32 Å². The summed E-state index contributed by atoms with van der Waals surface area (Å²) in [5.41, 5.74) is 5.97. The number of aromatic nitrogens is 3. The maximum Gasteiger partial charge on any atom is 0.226 e. The van der Waals surface area contributed by atoms with Crippen molar-refractivity contribution in [3.8, 4) is 0 Å². The Morgan fingerprint density at radius 2 is 1.78 bits per heavy atom. The molecule has 0 radical (unpaired) electrons. The van der Waals surface area contributed by atoms with E-state index in [0.29, 0.717) is 0 Å². The second-order valence-corrected chi connectivity index (χ2v) is 5.90. The number of nitrogens with one attached hydrogen (secondary N) is 1. The zero-order chi connectivity index (χ0) is 15.8. The van der Waals surface area contributed by atoms with Crippen LogP contribution in [0.15, 0.2) is 60.9 Å². The molecule has 0 amide bonds. The highest BCUT2D eigenvalue weighted by atomic mass is 15.4. The summed E-state index contributed by atoms with van der Waals surface area (Å²) in [5.74, 6) is 0.774. The lowest BCUT2D eigenvalue weighted by atomic mass is 9.98. The number of rotatable bonds is 2. The maximum atomic E-state index is 4.40. The molecule has 0 bridgehead atoms. The molecule has 4 rings (SSSR count). The van der Waals surface area contributed by atoms with Gasteiger partial charge in [0.15, 0.2) is 0 Å². The fraction of sp³-hybridized carbons (Fsp3) is 0.158. The van der Waals surface area contributed by atoms with Crippen LogP contribution in [0.1, 0.15) is 28.3 Å². The molecule has 4 nitrogen and oxygen atoms in total. The summed E-state index contributed by atoms with van der Waals surface area (Å²) < 4.78 is 1.93. The smallest absolute Gasteiger partial charge is 0.226 e. The molecule has 0 aliphatic carbocycles. The molecule has 0 unspecified atom stereocenters. The number of nitrogens with zero attached hydrogens (tertiary/aromatic N) is 3. The Bertz CT molecular complexity index is 874. The van der Waals surface area contributed by atoms with Crippen LogP contribution in [-0.4, -0.2) is 14.8 Å². The minimum absolute atomic E-state index is 0.0475. The predicted octanol–water partition coefficient (Wildman–Crippen LogP) is 3.95. The summed E-state index contributed by atoms with van der Waals surface area (Å²) in [6.07, 6.45) is 3.81. The van der Waals surface area contributed by atoms with Gasteiger partial charge in [0.2, 0.25) is 5.95 Å². The average Bonchev–Trinajstić information content (AvgIpc) is 3.04. The second-order valence-electron chi connectivity index (χ2n) is 5.90. The Morgan fingerprint density at radius 1 is 1.00 bits per heavy atom. The third kappa shape index (κ3) is 2.42. The monoisotopic (exact) mass is 302 g/mol. The lowest BCUT2D eigenvalue weighted by Crippen LogP contribution is -2.20. The van der Waals surface area contributed by atoms with Crippen molar-refractivity contribution in [2.45, 2.75) is 19.9 Å².